The minimum atomic E-state index is 0.605. The van der Waals surface area contributed by atoms with Gasteiger partial charge in [-0.25, -0.2) is 4.98 Å². The number of halogens is 1. The van der Waals surface area contributed by atoms with E-state index < -0.39 is 0 Å². The van der Waals surface area contributed by atoms with Gasteiger partial charge in [0.05, 0.1) is 10.7 Å². The first-order chi connectivity index (χ1) is 7.77. The first kappa shape index (κ1) is 11.5. The van der Waals surface area contributed by atoms with E-state index in [-0.39, 0.29) is 0 Å². The average molecular weight is 240 g/mol. The molecule has 0 spiro atoms. The third-order valence-electron chi connectivity index (χ3n) is 3.02. The van der Waals surface area contributed by atoms with Gasteiger partial charge in [-0.1, -0.05) is 30.9 Å². The van der Waals surface area contributed by atoms with E-state index in [1.54, 1.807) is 12.3 Å². The minimum Gasteiger partial charge on any atom is -0.396 e. The van der Waals surface area contributed by atoms with E-state index in [1.165, 1.54) is 32.1 Å². The summed E-state index contributed by atoms with van der Waals surface area (Å²) in [6.07, 6.45) is 8.10. The highest BCUT2D eigenvalue weighted by molar-refractivity contribution is 6.30. The molecule has 0 aromatic carbocycles. The molecule has 0 radical (unpaired) electrons. The number of anilines is 2. The fraction of sp³-hybridized carbons (Fsp3) is 0.583. The number of nitrogens with zero attached hydrogens (tertiary/aromatic N) is 2. The van der Waals surface area contributed by atoms with Gasteiger partial charge in [0.25, 0.3) is 0 Å². The van der Waals surface area contributed by atoms with E-state index in [0.29, 0.717) is 10.7 Å². The standard InChI is InChI=1S/C12H18ClN3/c13-10-8-11(14)12(15-9-10)16-6-4-2-1-3-5-7-16/h8-9H,1-7,14H2. The minimum absolute atomic E-state index is 0.605. The Labute approximate surface area is 102 Å². The number of nitrogen functional groups attached to an aromatic ring is 1. The summed E-state index contributed by atoms with van der Waals surface area (Å²) in [4.78, 5) is 6.63. The van der Waals surface area contributed by atoms with Crippen LogP contribution in [0.4, 0.5) is 11.5 Å². The van der Waals surface area contributed by atoms with Crippen molar-refractivity contribution in [1.29, 1.82) is 0 Å². The van der Waals surface area contributed by atoms with Gasteiger partial charge in [-0.2, -0.15) is 0 Å². The molecule has 0 aliphatic carbocycles. The molecule has 2 rings (SSSR count). The van der Waals surface area contributed by atoms with E-state index in [0.717, 1.165) is 18.9 Å². The smallest absolute Gasteiger partial charge is 0.151 e. The predicted molar refractivity (Wildman–Crippen MR) is 69.0 cm³/mol. The van der Waals surface area contributed by atoms with E-state index >= 15 is 0 Å². The lowest BCUT2D eigenvalue weighted by Crippen LogP contribution is -2.28. The van der Waals surface area contributed by atoms with Crippen molar-refractivity contribution in [3.63, 3.8) is 0 Å². The highest BCUT2D eigenvalue weighted by Crippen LogP contribution is 2.25. The molecule has 1 aliphatic rings. The SMILES string of the molecule is Nc1cc(Cl)cnc1N1CCCCCCC1. The molecule has 0 unspecified atom stereocenters. The normalized spacial score (nSPS) is 17.9. The molecule has 1 saturated heterocycles. The molecular formula is C12H18ClN3. The van der Waals surface area contributed by atoms with Crippen molar-refractivity contribution >= 4 is 23.1 Å². The van der Waals surface area contributed by atoms with Crippen molar-refractivity contribution in [2.75, 3.05) is 23.7 Å². The van der Waals surface area contributed by atoms with Crippen LogP contribution in [-0.4, -0.2) is 18.1 Å². The van der Waals surface area contributed by atoms with Gasteiger partial charge in [0.2, 0.25) is 0 Å². The Morgan fingerprint density at radius 2 is 1.75 bits per heavy atom. The van der Waals surface area contributed by atoms with Gasteiger partial charge in [0.1, 0.15) is 0 Å². The van der Waals surface area contributed by atoms with Crippen molar-refractivity contribution in [1.82, 2.24) is 4.98 Å². The van der Waals surface area contributed by atoms with Crippen molar-refractivity contribution < 1.29 is 0 Å². The Hall–Kier alpha value is -0.960. The fourth-order valence-corrected chi connectivity index (χ4v) is 2.34. The van der Waals surface area contributed by atoms with Gasteiger partial charge >= 0.3 is 0 Å². The van der Waals surface area contributed by atoms with Gasteiger partial charge in [-0.05, 0) is 18.9 Å². The van der Waals surface area contributed by atoms with Crippen molar-refractivity contribution in [2.24, 2.45) is 0 Å². The van der Waals surface area contributed by atoms with Crippen LogP contribution in [-0.2, 0) is 0 Å². The molecule has 1 aromatic rings. The number of nitrogens with two attached hydrogens (primary N) is 1. The molecule has 3 nitrogen and oxygen atoms in total. The van der Waals surface area contributed by atoms with E-state index in [9.17, 15) is 0 Å². The van der Waals surface area contributed by atoms with Crippen LogP contribution in [0.15, 0.2) is 12.3 Å². The number of aromatic nitrogens is 1. The molecule has 16 heavy (non-hydrogen) atoms. The molecule has 1 fully saturated rings. The van der Waals surface area contributed by atoms with Gasteiger partial charge in [0.15, 0.2) is 5.82 Å². The number of rotatable bonds is 1. The van der Waals surface area contributed by atoms with Crippen molar-refractivity contribution in [3.8, 4) is 0 Å². The van der Waals surface area contributed by atoms with Crippen LogP contribution in [0.5, 0.6) is 0 Å². The Kier molecular flexibility index (Phi) is 3.88. The zero-order valence-electron chi connectivity index (χ0n) is 9.45. The molecular weight excluding hydrogens is 222 g/mol. The summed E-state index contributed by atoms with van der Waals surface area (Å²) in [7, 11) is 0. The highest BCUT2D eigenvalue weighted by Gasteiger charge is 2.13. The van der Waals surface area contributed by atoms with Gasteiger partial charge < -0.3 is 10.6 Å². The van der Waals surface area contributed by atoms with Crippen LogP contribution in [0.1, 0.15) is 32.1 Å². The summed E-state index contributed by atoms with van der Waals surface area (Å²) in [5.41, 5.74) is 6.64. The number of hydrogen-bond acceptors (Lipinski definition) is 3. The summed E-state index contributed by atoms with van der Waals surface area (Å²) >= 11 is 5.85. The number of pyridine rings is 1. The fourth-order valence-electron chi connectivity index (χ4n) is 2.17. The molecule has 0 atom stereocenters. The third-order valence-corrected chi connectivity index (χ3v) is 3.22. The third kappa shape index (κ3) is 2.79. The van der Waals surface area contributed by atoms with E-state index in [4.69, 9.17) is 17.3 Å². The lowest BCUT2D eigenvalue weighted by molar-refractivity contribution is 0.554. The highest BCUT2D eigenvalue weighted by atomic mass is 35.5. The molecule has 88 valence electrons. The van der Waals surface area contributed by atoms with Gasteiger partial charge in [-0.3, -0.25) is 0 Å². The van der Waals surface area contributed by atoms with Crippen LogP contribution in [0, 0.1) is 0 Å². The van der Waals surface area contributed by atoms with E-state index in [2.05, 4.69) is 9.88 Å². The molecule has 2 heterocycles. The van der Waals surface area contributed by atoms with Gasteiger partial charge in [0, 0.05) is 19.3 Å². The maximum absolute atomic E-state index is 5.95. The van der Waals surface area contributed by atoms with Crippen LogP contribution >= 0.6 is 11.6 Å². The summed E-state index contributed by atoms with van der Waals surface area (Å²) < 4.78 is 0. The number of hydrogen-bond donors (Lipinski definition) is 1. The molecule has 0 bridgehead atoms. The maximum atomic E-state index is 5.95. The summed E-state index contributed by atoms with van der Waals surface area (Å²) in [5.74, 6) is 0.895. The second kappa shape index (κ2) is 5.39. The van der Waals surface area contributed by atoms with Crippen LogP contribution in [0.2, 0.25) is 5.02 Å². The Balaban J connectivity index is 2.14. The predicted octanol–water partition coefficient (Wildman–Crippen LogP) is 3.09. The van der Waals surface area contributed by atoms with Crippen LogP contribution < -0.4 is 10.6 Å². The summed E-state index contributed by atoms with van der Waals surface area (Å²) in [5, 5.41) is 0.605. The first-order valence-corrected chi connectivity index (χ1v) is 6.31. The monoisotopic (exact) mass is 239 g/mol. The Bertz CT molecular complexity index is 346. The molecule has 2 N–H and O–H groups in total. The second-order valence-corrected chi connectivity index (χ2v) is 4.76. The zero-order valence-corrected chi connectivity index (χ0v) is 10.2. The van der Waals surface area contributed by atoms with E-state index in [1.807, 2.05) is 0 Å². The zero-order chi connectivity index (χ0) is 11.4. The first-order valence-electron chi connectivity index (χ1n) is 5.93. The molecule has 4 heteroatoms. The van der Waals surface area contributed by atoms with Crippen LogP contribution in [0.25, 0.3) is 0 Å². The summed E-state index contributed by atoms with van der Waals surface area (Å²) in [6.45, 7) is 2.11. The van der Waals surface area contributed by atoms with Gasteiger partial charge in [-0.15, -0.1) is 0 Å². The van der Waals surface area contributed by atoms with Crippen molar-refractivity contribution in [3.05, 3.63) is 17.3 Å². The Morgan fingerprint density at radius 1 is 1.12 bits per heavy atom. The Morgan fingerprint density at radius 3 is 2.38 bits per heavy atom. The molecule has 0 amide bonds. The molecule has 1 aromatic heterocycles. The lowest BCUT2D eigenvalue weighted by Gasteiger charge is -2.26. The molecule has 0 saturated carbocycles. The molecule has 1 aliphatic heterocycles. The second-order valence-electron chi connectivity index (χ2n) is 4.32. The quantitative estimate of drug-likeness (QED) is 0.819. The summed E-state index contributed by atoms with van der Waals surface area (Å²) in [6, 6.07) is 1.78. The van der Waals surface area contributed by atoms with Crippen LogP contribution in [0.3, 0.4) is 0 Å². The topological polar surface area (TPSA) is 42.1 Å². The van der Waals surface area contributed by atoms with Crippen molar-refractivity contribution in [2.45, 2.75) is 32.1 Å². The largest absolute Gasteiger partial charge is 0.396 e. The lowest BCUT2D eigenvalue weighted by atomic mass is 10.1. The maximum Gasteiger partial charge on any atom is 0.151 e. The average Bonchev–Trinajstić information content (AvgIpc) is 2.19.